The van der Waals surface area contributed by atoms with E-state index in [1.807, 2.05) is 4.90 Å². The van der Waals surface area contributed by atoms with E-state index in [1.54, 1.807) is 0 Å². The van der Waals surface area contributed by atoms with E-state index in [4.69, 9.17) is 0 Å². The average Bonchev–Trinajstić information content (AvgIpc) is 2.21. The number of nitrogens with zero attached hydrogens (tertiary/aromatic N) is 1. The second-order valence-corrected chi connectivity index (χ2v) is 4.52. The fraction of sp³-hybridized carbons (Fsp3) is 0.917. The first kappa shape index (κ1) is 12.5. The van der Waals surface area contributed by atoms with Crippen molar-refractivity contribution >= 4 is 5.91 Å². The Morgan fingerprint density at radius 1 is 1.47 bits per heavy atom. The summed E-state index contributed by atoms with van der Waals surface area (Å²) in [6, 6.07) is 0.598. The number of carbonyl (C=O) groups is 1. The normalized spacial score (nSPS) is 26.7. The summed E-state index contributed by atoms with van der Waals surface area (Å²) in [4.78, 5) is 13.7. The number of rotatable bonds is 4. The molecule has 0 aromatic carbocycles. The Labute approximate surface area is 93.2 Å². The van der Waals surface area contributed by atoms with Crippen molar-refractivity contribution in [1.82, 2.24) is 10.2 Å². The van der Waals surface area contributed by atoms with E-state index in [1.165, 1.54) is 0 Å². The van der Waals surface area contributed by atoms with Gasteiger partial charge in [-0.15, -0.1) is 0 Å². The Balaban J connectivity index is 2.39. The van der Waals surface area contributed by atoms with Crippen LogP contribution in [0.25, 0.3) is 0 Å². The van der Waals surface area contributed by atoms with Gasteiger partial charge in [0, 0.05) is 25.6 Å². The molecule has 1 amide bonds. The number of hydrogen-bond acceptors (Lipinski definition) is 2. The van der Waals surface area contributed by atoms with Crippen molar-refractivity contribution < 1.29 is 4.79 Å². The van der Waals surface area contributed by atoms with Crippen LogP contribution in [0.3, 0.4) is 0 Å². The molecule has 0 bridgehead atoms. The molecule has 0 radical (unpaired) electrons. The standard InChI is InChI=1S/C12H24N2O/c1-4-6-12(15)14-8-7-11(13-5-2)10(3)9-14/h10-11,13H,4-9H2,1-3H3. The van der Waals surface area contributed by atoms with Crippen molar-refractivity contribution in [3.63, 3.8) is 0 Å². The van der Waals surface area contributed by atoms with E-state index >= 15 is 0 Å². The third-order valence-corrected chi connectivity index (χ3v) is 3.19. The van der Waals surface area contributed by atoms with Gasteiger partial charge in [0.05, 0.1) is 0 Å². The minimum absolute atomic E-state index is 0.333. The molecular weight excluding hydrogens is 188 g/mol. The Morgan fingerprint density at radius 2 is 2.20 bits per heavy atom. The molecule has 1 N–H and O–H groups in total. The highest BCUT2D eigenvalue weighted by molar-refractivity contribution is 5.76. The molecule has 3 nitrogen and oxygen atoms in total. The van der Waals surface area contributed by atoms with Gasteiger partial charge >= 0.3 is 0 Å². The van der Waals surface area contributed by atoms with Crippen LogP contribution in [0.1, 0.15) is 40.0 Å². The van der Waals surface area contributed by atoms with Crippen molar-refractivity contribution in [2.45, 2.75) is 46.1 Å². The quantitative estimate of drug-likeness (QED) is 0.768. The van der Waals surface area contributed by atoms with Gasteiger partial charge in [-0.3, -0.25) is 4.79 Å². The van der Waals surface area contributed by atoms with Crippen LogP contribution in [0.15, 0.2) is 0 Å². The molecule has 3 heteroatoms. The van der Waals surface area contributed by atoms with Gasteiger partial charge in [0.1, 0.15) is 0 Å². The van der Waals surface area contributed by atoms with Crippen LogP contribution in [-0.2, 0) is 4.79 Å². The van der Waals surface area contributed by atoms with E-state index in [2.05, 4.69) is 26.1 Å². The van der Waals surface area contributed by atoms with E-state index in [9.17, 15) is 4.79 Å². The van der Waals surface area contributed by atoms with Gasteiger partial charge in [-0.2, -0.15) is 0 Å². The van der Waals surface area contributed by atoms with Crippen molar-refractivity contribution in [1.29, 1.82) is 0 Å². The highest BCUT2D eigenvalue weighted by atomic mass is 16.2. The maximum absolute atomic E-state index is 11.7. The summed E-state index contributed by atoms with van der Waals surface area (Å²) in [7, 11) is 0. The van der Waals surface area contributed by atoms with Gasteiger partial charge in [-0.1, -0.05) is 20.8 Å². The lowest BCUT2D eigenvalue weighted by Crippen LogP contribution is -2.50. The predicted molar refractivity (Wildman–Crippen MR) is 62.7 cm³/mol. The van der Waals surface area contributed by atoms with E-state index in [0.717, 1.165) is 32.5 Å². The van der Waals surface area contributed by atoms with Crippen LogP contribution in [0.2, 0.25) is 0 Å². The summed E-state index contributed by atoms with van der Waals surface area (Å²) in [5.41, 5.74) is 0. The van der Waals surface area contributed by atoms with Crippen LogP contribution in [0.5, 0.6) is 0 Å². The molecule has 2 unspecified atom stereocenters. The smallest absolute Gasteiger partial charge is 0.222 e. The largest absolute Gasteiger partial charge is 0.342 e. The van der Waals surface area contributed by atoms with Crippen LogP contribution < -0.4 is 5.32 Å². The maximum atomic E-state index is 11.7. The molecule has 1 heterocycles. The molecule has 2 atom stereocenters. The minimum atomic E-state index is 0.333. The minimum Gasteiger partial charge on any atom is -0.342 e. The van der Waals surface area contributed by atoms with E-state index < -0.39 is 0 Å². The van der Waals surface area contributed by atoms with E-state index in [0.29, 0.717) is 24.3 Å². The van der Waals surface area contributed by atoms with Crippen LogP contribution in [-0.4, -0.2) is 36.5 Å². The fourth-order valence-corrected chi connectivity index (χ4v) is 2.31. The Bertz CT molecular complexity index is 206. The second kappa shape index (κ2) is 6.11. The van der Waals surface area contributed by atoms with Gasteiger partial charge in [0.2, 0.25) is 5.91 Å². The Morgan fingerprint density at radius 3 is 2.73 bits per heavy atom. The van der Waals surface area contributed by atoms with Crippen molar-refractivity contribution in [3.05, 3.63) is 0 Å². The number of carbonyl (C=O) groups excluding carboxylic acids is 1. The number of piperidine rings is 1. The number of hydrogen-bond donors (Lipinski definition) is 1. The first-order chi connectivity index (χ1) is 7.19. The topological polar surface area (TPSA) is 32.3 Å². The summed E-state index contributed by atoms with van der Waals surface area (Å²) < 4.78 is 0. The molecule has 88 valence electrons. The molecular formula is C12H24N2O. The van der Waals surface area contributed by atoms with Gasteiger partial charge in [0.15, 0.2) is 0 Å². The van der Waals surface area contributed by atoms with Gasteiger partial charge < -0.3 is 10.2 Å². The average molecular weight is 212 g/mol. The zero-order valence-corrected chi connectivity index (χ0v) is 10.3. The highest BCUT2D eigenvalue weighted by Crippen LogP contribution is 2.17. The first-order valence-corrected chi connectivity index (χ1v) is 6.20. The maximum Gasteiger partial charge on any atom is 0.222 e. The third-order valence-electron chi connectivity index (χ3n) is 3.19. The number of nitrogens with one attached hydrogen (secondary N) is 1. The Kier molecular flexibility index (Phi) is 5.09. The number of likely N-dealkylation sites (tertiary alicyclic amines) is 1. The molecule has 0 aliphatic carbocycles. The van der Waals surface area contributed by atoms with Gasteiger partial charge in [0.25, 0.3) is 0 Å². The summed E-state index contributed by atoms with van der Waals surface area (Å²) in [5.74, 6) is 0.916. The molecule has 0 spiro atoms. The van der Waals surface area contributed by atoms with Crippen LogP contribution >= 0.6 is 0 Å². The molecule has 0 saturated carbocycles. The molecule has 1 fully saturated rings. The zero-order valence-electron chi connectivity index (χ0n) is 10.3. The molecule has 0 aromatic heterocycles. The van der Waals surface area contributed by atoms with Crippen LogP contribution in [0.4, 0.5) is 0 Å². The van der Waals surface area contributed by atoms with Crippen molar-refractivity contribution in [2.24, 2.45) is 5.92 Å². The van der Waals surface area contributed by atoms with Gasteiger partial charge in [-0.05, 0) is 25.3 Å². The summed E-state index contributed by atoms with van der Waals surface area (Å²) in [5, 5.41) is 3.49. The summed E-state index contributed by atoms with van der Waals surface area (Å²) >= 11 is 0. The molecule has 1 saturated heterocycles. The summed E-state index contributed by atoms with van der Waals surface area (Å²) in [6.07, 6.45) is 2.77. The molecule has 0 aromatic rings. The molecule has 1 rings (SSSR count). The monoisotopic (exact) mass is 212 g/mol. The molecule has 1 aliphatic rings. The van der Waals surface area contributed by atoms with Crippen LogP contribution in [0, 0.1) is 5.92 Å². The van der Waals surface area contributed by atoms with Gasteiger partial charge in [-0.25, -0.2) is 0 Å². The SMILES string of the molecule is CCCC(=O)N1CCC(NCC)C(C)C1. The zero-order chi connectivity index (χ0) is 11.3. The first-order valence-electron chi connectivity index (χ1n) is 6.20. The van der Waals surface area contributed by atoms with E-state index in [-0.39, 0.29) is 0 Å². The lowest BCUT2D eigenvalue weighted by atomic mass is 9.93. The summed E-state index contributed by atoms with van der Waals surface area (Å²) in [6.45, 7) is 9.32. The fourth-order valence-electron chi connectivity index (χ4n) is 2.31. The second-order valence-electron chi connectivity index (χ2n) is 4.52. The molecule has 15 heavy (non-hydrogen) atoms. The highest BCUT2D eigenvalue weighted by Gasteiger charge is 2.27. The third kappa shape index (κ3) is 3.49. The lowest BCUT2D eigenvalue weighted by Gasteiger charge is -2.37. The van der Waals surface area contributed by atoms with Crippen molar-refractivity contribution in [2.75, 3.05) is 19.6 Å². The Hall–Kier alpha value is -0.570. The molecule has 1 aliphatic heterocycles. The predicted octanol–water partition coefficient (Wildman–Crippen LogP) is 1.63. The number of amides is 1. The lowest BCUT2D eigenvalue weighted by molar-refractivity contribution is -0.133. The van der Waals surface area contributed by atoms with Crippen molar-refractivity contribution in [3.8, 4) is 0 Å².